The molecule has 0 amide bonds. The summed E-state index contributed by atoms with van der Waals surface area (Å²) in [7, 11) is 0. The maximum Gasteiger partial charge on any atom is 0.151 e. The van der Waals surface area contributed by atoms with Gasteiger partial charge >= 0.3 is 0 Å². The molecule has 0 radical (unpaired) electrons. The molecule has 2 heterocycles. The Kier molecular flexibility index (Phi) is 2.14. The highest BCUT2D eigenvalue weighted by molar-refractivity contribution is 5.82. The first-order valence-corrected chi connectivity index (χ1v) is 5.53. The van der Waals surface area contributed by atoms with Gasteiger partial charge in [0.1, 0.15) is 0 Å². The minimum atomic E-state index is -1.26. The number of benzene rings is 1. The van der Waals surface area contributed by atoms with Crippen LogP contribution in [0.4, 0.5) is 4.39 Å². The molecule has 1 aromatic carbocycles. The van der Waals surface area contributed by atoms with E-state index in [0.29, 0.717) is 13.0 Å². The van der Waals surface area contributed by atoms with E-state index >= 15 is 0 Å². The summed E-state index contributed by atoms with van der Waals surface area (Å²) in [6.45, 7) is 1.13. The fourth-order valence-electron chi connectivity index (χ4n) is 2.36. The second-order valence-corrected chi connectivity index (χ2v) is 4.27. The lowest BCUT2D eigenvalue weighted by Gasteiger charge is -2.19. The second-order valence-electron chi connectivity index (χ2n) is 4.27. The van der Waals surface area contributed by atoms with Crippen molar-refractivity contribution >= 4 is 10.9 Å². The van der Waals surface area contributed by atoms with Crippen molar-refractivity contribution in [2.45, 2.75) is 12.1 Å². The average Bonchev–Trinajstić information content (AvgIpc) is 2.77. The molecular formula is C13H13FN2. The SMILES string of the molecule is FC1(c2cccc3cccnc23)CCNC1. The number of hydrogen-bond acceptors (Lipinski definition) is 2. The van der Waals surface area contributed by atoms with Crippen LogP contribution < -0.4 is 5.32 Å². The van der Waals surface area contributed by atoms with Gasteiger partial charge in [-0.15, -0.1) is 0 Å². The molecule has 2 nitrogen and oxygen atoms in total. The van der Waals surface area contributed by atoms with Crippen LogP contribution in [0.25, 0.3) is 10.9 Å². The number of fused-ring (bicyclic) bond motifs is 1. The van der Waals surface area contributed by atoms with E-state index in [0.717, 1.165) is 23.0 Å². The number of nitrogens with one attached hydrogen (secondary N) is 1. The molecule has 1 unspecified atom stereocenters. The normalized spacial score (nSPS) is 25.1. The molecule has 1 aliphatic heterocycles. The summed E-state index contributed by atoms with van der Waals surface area (Å²) in [4.78, 5) is 4.30. The first-order chi connectivity index (χ1) is 7.80. The van der Waals surface area contributed by atoms with E-state index in [9.17, 15) is 4.39 Å². The van der Waals surface area contributed by atoms with Crippen LogP contribution in [0.2, 0.25) is 0 Å². The van der Waals surface area contributed by atoms with Gasteiger partial charge in [0.05, 0.1) is 5.52 Å². The highest BCUT2D eigenvalue weighted by atomic mass is 19.1. The monoisotopic (exact) mass is 216 g/mol. The van der Waals surface area contributed by atoms with Gasteiger partial charge in [0.25, 0.3) is 0 Å². The summed E-state index contributed by atoms with van der Waals surface area (Å²) in [5, 5.41) is 4.08. The van der Waals surface area contributed by atoms with E-state index in [4.69, 9.17) is 0 Å². The van der Waals surface area contributed by atoms with Crippen LogP contribution >= 0.6 is 0 Å². The minimum Gasteiger partial charge on any atom is -0.313 e. The lowest BCUT2D eigenvalue weighted by atomic mass is 9.92. The van der Waals surface area contributed by atoms with Crippen molar-refractivity contribution in [3.63, 3.8) is 0 Å². The number of halogens is 1. The Balaban J connectivity index is 2.23. The summed E-state index contributed by atoms with van der Waals surface area (Å²) in [6, 6.07) is 9.57. The zero-order valence-corrected chi connectivity index (χ0v) is 8.91. The number of alkyl halides is 1. The van der Waals surface area contributed by atoms with Crippen molar-refractivity contribution < 1.29 is 4.39 Å². The van der Waals surface area contributed by atoms with E-state index in [1.807, 2.05) is 30.3 Å². The van der Waals surface area contributed by atoms with Crippen molar-refractivity contribution in [1.82, 2.24) is 10.3 Å². The smallest absolute Gasteiger partial charge is 0.151 e. The summed E-state index contributed by atoms with van der Waals surface area (Å²) in [6.07, 6.45) is 2.25. The Morgan fingerprint density at radius 3 is 2.94 bits per heavy atom. The zero-order chi connectivity index (χ0) is 11.0. The fraction of sp³-hybridized carbons (Fsp3) is 0.308. The van der Waals surface area contributed by atoms with E-state index in [2.05, 4.69) is 10.3 Å². The number of para-hydroxylation sites is 1. The van der Waals surface area contributed by atoms with E-state index in [-0.39, 0.29) is 0 Å². The predicted octanol–water partition coefficient (Wildman–Crippen LogP) is 2.39. The van der Waals surface area contributed by atoms with Crippen LogP contribution in [-0.2, 0) is 5.67 Å². The molecule has 1 atom stereocenters. The van der Waals surface area contributed by atoms with Crippen molar-refractivity contribution in [3.05, 3.63) is 42.1 Å². The number of pyridine rings is 1. The molecule has 0 bridgehead atoms. The molecule has 0 aliphatic carbocycles. The molecule has 2 aromatic rings. The quantitative estimate of drug-likeness (QED) is 0.791. The number of nitrogens with zero attached hydrogens (tertiary/aromatic N) is 1. The van der Waals surface area contributed by atoms with Crippen LogP contribution in [0.5, 0.6) is 0 Å². The summed E-state index contributed by atoms with van der Waals surface area (Å²) < 4.78 is 14.7. The molecule has 3 rings (SSSR count). The maximum atomic E-state index is 14.7. The topological polar surface area (TPSA) is 24.9 Å². The molecule has 0 saturated carbocycles. The van der Waals surface area contributed by atoms with Crippen LogP contribution in [-0.4, -0.2) is 18.1 Å². The van der Waals surface area contributed by atoms with Crippen molar-refractivity contribution in [2.75, 3.05) is 13.1 Å². The molecule has 1 N–H and O–H groups in total. The van der Waals surface area contributed by atoms with E-state index in [1.165, 1.54) is 0 Å². The zero-order valence-electron chi connectivity index (χ0n) is 8.91. The van der Waals surface area contributed by atoms with Crippen molar-refractivity contribution in [2.24, 2.45) is 0 Å². The van der Waals surface area contributed by atoms with E-state index < -0.39 is 5.67 Å². The van der Waals surface area contributed by atoms with Gasteiger partial charge in [-0.25, -0.2) is 4.39 Å². The average molecular weight is 216 g/mol. The third-order valence-corrected chi connectivity index (χ3v) is 3.22. The Bertz CT molecular complexity index is 513. The van der Waals surface area contributed by atoms with Gasteiger partial charge in [0, 0.05) is 23.7 Å². The predicted molar refractivity (Wildman–Crippen MR) is 62.0 cm³/mol. The van der Waals surface area contributed by atoms with Gasteiger partial charge in [-0.05, 0) is 19.0 Å². The van der Waals surface area contributed by atoms with Crippen molar-refractivity contribution in [3.8, 4) is 0 Å². The van der Waals surface area contributed by atoms with Crippen LogP contribution in [0.1, 0.15) is 12.0 Å². The highest BCUT2D eigenvalue weighted by Crippen LogP contribution is 2.35. The second kappa shape index (κ2) is 3.52. The van der Waals surface area contributed by atoms with Crippen LogP contribution in [0, 0.1) is 0 Å². The van der Waals surface area contributed by atoms with E-state index in [1.54, 1.807) is 6.20 Å². The van der Waals surface area contributed by atoms with Gasteiger partial charge in [0.2, 0.25) is 0 Å². The largest absolute Gasteiger partial charge is 0.313 e. The molecule has 82 valence electrons. The fourth-order valence-corrected chi connectivity index (χ4v) is 2.36. The molecule has 1 saturated heterocycles. The molecule has 1 fully saturated rings. The minimum absolute atomic E-state index is 0.392. The van der Waals surface area contributed by atoms with Gasteiger partial charge in [-0.2, -0.15) is 0 Å². The first-order valence-electron chi connectivity index (χ1n) is 5.53. The molecular weight excluding hydrogens is 203 g/mol. The number of hydrogen-bond donors (Lipinski definition) is 1. The van der Waals surface area contributed by atoms with Gasteiger partial charge in [-0.3, -0.25) is 4.98 Å². The van der Waals surface area contributed by atoms with Crippen LogP contribution in [0.15, 0.2) is 36.5 Å². The lowest BCUT2D eigenvalue weighted by molar-refractivity contribution is 0.195. The molecule has 1 aromatic heterocycles. The standard InChI is InChI=1S/C13H13FN2/c14-13(6-8-15-9-13)11-5-1-3-10-4-2-7-16-12(10)11/h1-5,7,15H,6,8-9H2. The Morgan fingerprint density at radius 1 is 1.25 bits per heavy atom. The highest BCUT2D eigenvalue weighted by Gasteiger charge is 2.37. The third kappa shape index (κ3) is 1.39. The first kappa shape index (κ1) is 9.73. The van der Waals surface area contributed by atoms with Gasteiger partial charge in [-0.1, -0.05) is 24.3 Å². The maximum absolute atomic E-state index is 14.7. The molecule has 0 spiro atoms. The van der Waals surface area contributed by atoms with Gasteiger partial charge in [0.15, 0.2) is 5.67 Å². The molecule has 1 aliphatic rings. The Morgan fingerprint density at radius 2 is 2.12 bits per heavy atom. The Labute approximate surface area is 93.5 Å². The van der Waals surface area contributed by atoms with Crippen molar-refractivity contribution in [1.29, 1.82) is 0 Å². The lowest BCUT2D eigenvalue weighted by Crippen LogP contribution is -2.23. The third-order valence-electron chi connectivity index (χ3n) is 3.22. The van der Waals surface area contributed by atoms with Gasteiger partial charge < -0.3 is 5.32 Å². The summed E-state index contributed by atoms with van der Waals surface area (Å²) in [5.74, 6) is 0. The number of rotatable bonds is 1. The Hall–Kier alpha value is -1.48. The summed E-state index contributed by atoms with van der Waals surface area (Å²) >= 11 is 0. The summed E-state index contributed by atoms with van der Waals surface area (Å²) in [5.41, 5.74) is 0.250. The number of aromatic nitrogens is 1. The molecule has 3 heteroatoms. The van der Waals surface area contributed by atoms with Crippen LogP contribution in [0.3, 0.4) is 0 Å². The molecule has 16 heavy (non-hydrogen) atoms.